The van der Waals surface area contributed by atoms with Crippen molar-refractivity contribution in [1.29, 1.82) is 0 Å². The van der Waals surface area contributed by atoms with Crippen LogP contribution < -0.4 is 0 Å². The lowest BCUT2D eigenvalue weighted by Gasteiger charge is -2.10. The second kappa shape index (κ2) is 6.68. The van der Waals surface area contributed by atoms with Crippen molar-refractivity contribution in [2.24, 2.45) is 0 Å². The standard InChI is InChI=1S/C14H12F2S3/c15-11-5-10(8-18)14(6-12(11)16)19-13-4-2-1-3-9(13)7-17/h1-6,17-18H,7-8H2. The molecule has 100 valence electrons. The van der Waals surface area contributed by atoms with Crippen LogP contribution in [0.4, 0.5) is 8.78 Å². The molecule has 0 amide bonds. The Bertz CT molecular complexity index is 585. The summed E-state index contributed by atoms with van der Waals surface area (Å²) in [5.74, 6) is -0.710. The first-order valence-corrected chi connectivity index (χ1v) is 7.69. The van der Waals surface area contributed by atoms with Gasteiger partial charge >= 0.3 is 0 Å². The van der Waals surface area contributed by atoms with E-state index in [-0.39, 0.29) is 0 Å². The van der Waals surface area contributed by atoms with E-state index in [0.29, 0.717) is 22.0 Å². The van der Waals surface area contributed by atoms with Crippen LogP contribution in [0, 0.1) is 11.6 Å². The van der Waals surface area contributed by atoms with Gasteiger partial charge in [0.05, 0.1) is 0 Å². The molecule has 0 fully saturated rings. The van der Waals surface area contributed by atoms with E-state index >= 15 is 0 Å². The molecular formula is C14H12F2S3. The van der Waals surface area contributed by atoms with Gasteiger partial charge in [-0.1, -0.05) is 30.0 Å². The van der Waals surface area contributed by atoms with Gasteiger partial charge in [0.2, 0.25) is 0 Å². The van der Waals surface area contributed by atoms with Crippen molar-refractivity contribution >= 4 is 37.0 Å². The lowest BCUT2D eigenvalue weighted by atomic mass is 10.2. The van der Waals surface area contributed by atoms with E-state index in [9.17, 15) is 8.78 Å². The summed E-state index contributed by atoms with van der Waals surface area (Å²) >= 11 is 9.84. The third kappa shape index (κ3) is 3.46. The molecule has 2 aromatic carbocycles. The van der Waals surface area contributed by atoms with Crippen LogP contribution in [0.3, 0.4) is 0 Å². The summed E-state index contributed by atoms with van der Waals surface area (Å²) in [6.45, 7) is 0. The number of rotatable bonds is 4. The van der Waals surface area contributed by atoms with Crippen molar-refractivity contribution in [3.8, 4) is 0 Å². The summed E-state index contributed by atoms with van der Waals surface area (Å²) < 4.78 is 26.6. The number of benzene rings is 2. The highest BCUT2D eigenvalue weighted by molar-refractivity contribution is 7.99. The quantitative estimate of drug-likeness (QED) is 0.751. The van der Waals surface area contributed by atoms with Crippen LogP contribution in [-0.2, 0) is 11.5 Å². The Balaban J connectivity index is 2.40. The fraction of sp³-hybridized carbons (Fsp3) is 0.143. The van der Waals surface area contributed by atoms with Crippen LogP contribution in [0.15, 0.2) is 46.2 Å². The zero-order valence-corrected chi connectivity index (χ0v) is 12.5. The van der Waals surface area contributed by atoms with Gasteiger partial charge in [-0.15, -0.1) is 0 Å². The zero-order chi connectivity index (χ0) is 13.8. The van der Waals surface area contributed by atoms with Gasteiger partial charge in [0, 0.05) is 21.3 Å². The van der Waals surface area contributed by atoms with Gasteiger partial charge in [0.15, 0.2) is 11.6 Å². The molecule has 0 aliphatic heterocycles. The maximum absolute atomic E-state index is 13.4. The number of hydrogen-bond acceptors (Lipinski definition) is 3. The third-order valence-corrected chi connectivity index (χ3v) is 4.54. The van der Waals surface area contributed by atoms with Gasteiger partial charge in [-0.2, -0.15) is 25.3 Å². The Hall–Kier alpha value is -0.650. The zero-order valence-electron chi connectivity index (χ0n) is 9.94. The Kier molecular flexibility index (Phi) is 5.19. The molecule has 0 N–H and O–H groups in total. The van der Waals surface area contributed by atoms with Gasteiger partial charge in [-0.25, -0.2) is 8.78 Å². The van der Waals surface area contributed by atoms with E-state index in [1.165, 1.54) is 23.9 Å². The normalized spacial score (nSPS) is 10.7. The van der Waals surface area contributed by atoms with Crippen LogP contribution in [0.2, 0.25) is 0 Å². The molecule has 19 heavy (non-hydrogen) atoms. The molecule has 0 atom stereocenters. The first kappa shape index (κ1) is 14.8. The molecule has 0 heterocycles. The molecule has 0 aliphatic rings. The van der Waals surface area contributed by atoms with Crippen molar-refractivity contribution in [2.75, 3.05) is 0 Å². The molecule has 2 aromatic rings. The molecule has 0 bridgehead atoms. The highest BCUT2D eigenvalue weighted by atomic mass is 32.2. The van der Waals surface area contributed by atoms with E-state index in [1.54, 1.807) is 0 Å². The first-order valence-electron chi connectivity index (χ1n) is 5.61. The SMILES string of the molecule is Fc1cc(CS)c(Sc2ccccc2CS)cc1F. The monoisotopic (exact) mass is 314 g/mol. The minimum absolute atomic E-state index is 0.364. The molecular weight excluding hydrogens is 302 g/mol. The van der Waals surface area contributed by atoms with Gasteiger partial charge in [0.1, 0.15) is 0 Å². The highest BCUT2D eigenvalue weighted by Crippen LogP contribution is 2.35. The average Bonchev–Trinajstić information content (AvgIpc) is 2.43. The lowest BCUT2D eigenvalue weighted by molar-refractivity contribution is 0.504. The Labute approximate surface area is 126 Å². The molecule has 0 radical (unpaired) electrons. The van der Waals surface area contributed by atoms with Crippen molar-refractivity contribution in [3.05, 3.63) is 59.2 Å². The molecule has 0 aliphatic carbocycles. The minimum Gasteiger partial charge on any atom is -0.204 e. The maximum Gasteiger partial charge on any atom is 0.159 e. The Morgan fingerprint density at radius 2 is 1.47 bits per heavy atom. The van der Waals surface area contributed by atoms with Crippen LogP contribution in [0.1, 0.15) is 11.1 Å². The summed E-state index contributed by atoms with van der Waals surface area (Å²) in [5, 5.41) is 0. The van der Waals surface area contributed by atoms with Crippen LogP contribution >= 0.6 is 37.0 Å². The second-order valence-corrected chi connectivity index (χ2v) is 5.62. The smallest absolute Gasteiger partial charge is 0.159 e. The van der Waals surface area contributed by atoms with Gasteiger partial charge < -0.3 is 0 Å². The summed E-state index contributed by atoms with van der Waals surface area (Å²) in [4.78, 5) is 1.68. The molecule has 0 saturated heterocycles. The molecule has 2 rings (SSSR count). The first-order chi connectivity index (χ1) is 9.15. The lowest BCUT2D eigenvalue weighted by Crippen LogP contribution is -1.92. The van der Waals surface area contributed by atoms with Crippen molar-refractivity contribution in [2.45, 2.75) is 21.3 Å². The number of hydrogen-bond donors (Lipinski definition) is 2. The fourth-order valence-electron chi connectivity index (χ4n) is 1.64. The topological polar surface area (TPSA) is 0 Å². The van der Waals surface area contributed by atoms with Crippen LogP contribution in [0.25, 0.3) is 0 Å². The van der Waals surface area contributed by atoms with Crippen molar-refractivity contribution < 1.29 is 8.78 Å². The van der Waals surface area contributed by atoms with E-state index in [4.69, 9.17) is 0 Å². The van der Waals surface area contributed by atoms with Crippen LogP contribution in [0.5, 0.6) is 0 Å². The summed E-state index contributed by atoms with van der Waals surface area (Å²) in [6, 6.07) is 10.2. The molecule has 0 nitrogen and oxygen atoms in total. The molecule has 0 saturated carbocycles. The predicted molar refractivity (Wildman–Crippen MR) is 82.3 cm³/mol. The summed E-state index contributed by atoms with van der Waals surface area (Å²) in [7, 11) is 0. The molecule has 0 spiro atoms. The van der Waals surface area contributed by atoms with Crippen LogP contribution in [-0.4, -0.2) is 0 Å². The van der Waals surface area contributed by atoms with E-state index in [1.807, 2.05) is 24.3 Å². The van der Waals surface area contributed by atoms with Crippen molar-refractivity contribution in [3.63, 3.8) is 0 Å². The average molecular weight is 314 g/mol. The molecule has 0 unspecified atom stereocenters. The molecule has 0 aromatic heterocycles. The Morgan fingerprint density at radius 3 is 2.16 bits per heavy atom. The van der Waals surface area contributed by atoms with E-state index in [0.717, 1.165) is 10.5 Å². The second-order valence-electron chi connectivity index (χ2n) is 3.90. The number of thiol groups is 2. The minimum atomic E-state index is -0.837. The predicted octanol–water partition coefficient (Wildman–Crippen LogP) is 4.98. The number of halogens is 2. The molecule has 5 heteroatoms. The fourth-order valence-corrected chi connectivity index (χ4v) is 3.47. The van der Waals surface area contributed by atoms with E-state index in [2.05, 4.69) is 25.3 Å². The van der Waals surface area contributed by atoms with Gasteiger partial charge in [-0.05, 0) is 29.3 Å². The summed E-state index contributed by atoms with van der Waals surface area (Å²) in [6.07, 6.45) is 0. The third-order valence-electron chi connectivity index (χ3n) is 2.64. The van der Waals surface area contributed by atoms with Gasteiger partial charge in [0.25, 0.3) is 0 Å². The van der Waals surface area contributed by atoms with Crippen molar-refractivity contribution in [1.82, 2.24) is 0 Å². The van der Waals surface area contributed by atoms with Gasteiger partial charge in [-0.3, -0.25) is 0 Å². The Morgan fingerprint density at radius 1 is 0.842 bits per heavy atom. The van der Waals surface area contributed by atoms with E-state index < -0.39 is 11.6 Å². The largest absolute Gasteiger partial charge is 0.204 e. The maximum atomic E-state index is 13.4. The summed E-state index contributed by atoms with van der Waals surface area (Å²) in [5.41, 5.74) is 1.74. The highest BCUT2D eigenvalue weighted by Gasteiger charge is 2.11.